The van der Waals surface area contributed by atoms with E-state index in [9.17, 15) is 0 Å². The average Bonchev–Trinajstić information content (AvgIpc) is 2.88. The maximum Gasteiger partial charge on any atom is 0.128 e. The molecule has 0 spiro atoms. The molecule has 1 aromatic rings. The van der Waals surface area contributed by atoms with Crippen molar-refractivity contribution in [2.75, 3.05) is 13.1 Å². The Bertz CT molecular complexity index is 393. The van der Waals surface area contributed by atoms with Crippen LogP contribution in [0.3, 0.4) is 0 Å². The van der Waals surface area contributed by atoms with Crippen LogP contribution < -0.4 is 5.32 Å². The molecule has 1 heterocycles. The molecule has 1 aliphatic carbocycles. The van der Waals surface area contributed by atoms with Crippen LogP contribution in [0.1, 0.15) is 23.1 Å². The van der Waals surface area contributed by atoms with Gasteiger partial charge in [0.25, 0.3) is 0 Å². The SMILES string of the molecule is c1cc2c(cc1C1=NCCN1)CCC2. The van der Waals surface area contributed by atoms with Gasteiger partial charge in [0.05, 0.1) is 6.54 Å². The predicted molar refractivity (Wildman–Crippen MR) is 57.9 cm³/mol. The summed E-state index contributed by atoms with van der Waals surface area (Å²) in [5.74, 6) is 1.08. The first-order chi connectivity index (χ1) is 6.93. The Balaban J connectivity index is 2.00. The summed E-state index contributed by atoms with van der Waals surface area (Å²) in [4.78, 5) is 4.44. The number of nitrogens with zero attached hydrogens (tertiary/aromatic N) is 1. The molecule has 14 heavy (non-hydrogen) atoms. The van der Waals surface area contributed by atoms with E-state index in [0.717, 1.165) is 18.9 Å². The summed E-state index contributed by atoms with van der Waals surface area (Å²) in [6.45, 7) is 1.92. The summed E-state index contributed by atoms with van der Waals surface area (Å²) in [5.41, 5.74) is 4.33. The molecule has 1 aliphatic heterocycles. The van der Waals surface area contributed by atoms with Gasteiger partial charge in [-0.3, -0.25) is 4.99 Å². The second kappa shape index (κ2) is 3.12. The third-order valence-corrected chi connectivity index (χ3v) is 3.05. The molecule has 0 saturated heterocycles. The number of aryl methyl sites for hydroxylation is 2. The number of nitrogens with one attached hydrogen (secondary N) is 1. The molecule has 0 bridgehead atoms. The van der Waals surface area contributed by atoms with Crippen molar-refractivity contribution in [2.45, 2.75) is 19.3 Å². The van der Waals surface area contributed by atoms with Gasteiger partial charge in [-0.25, -0.2) is 0 Å². The first kappa shape index (κ1) is 8.04. The maximum atomic E-state index is 4.44. The minimum absolute atomic E-state index is 0.923. The predicted octanol–water partition coefficient (Wildman–Crippen LogP) is 1.53. The smallest absolute Gasteiger partial charge is 0.128 e. The number of hydrogen-bond donors (Lipinski definition) is 1. The lowest BCUT2D eigenvalue weighted by Crippen LogP contribution is -2.19. The van der Waals surface area contributed by atoms with Gasteiger partial charge in [0.15, 0.2) is 0 Å². The van der Waals surface area contributed by atoms with Crippen LogP contribution in [0.15, 0.2) is 23.2 Å². The monoisotopic (exact) mass is 186 g/mol. The van der Waals surface area contributed by atoms with E-state index in [4.69, 9.17) is 0 Å². The Morgan fingerprint density at radius 3 is 2.93 bits per heavy atom. The fourth-order valence-electron chi connectivity index (χ4n) is 2.31. The summed E-state index contributed by atoms with van der Waals surface area (Å²) >= 11 is 0. The zero-order valence-electron chi connectivity index (χ0n) is 8.21. The molecule has 2 heteroatoms. The van der Waals surface area contributed by atoms with Crippen LogP contribution in [0, 0.1) is 0 Å². The van der Waals surface area contributed by atoms with Gasteiger partial charge < -0.3 is 5.32 Å². The number of benzene rings is 1. The molecular formula is C12H14N2. The maximum absolute atomic E-state index is 4.44. The molecule has 1 N–H and O–H groups in total. The first-order valence-electron chi connectivity index (χ1n) is 5.34. The minimum Gasteiger partial charge on any atom is -0.368 e. The normalized spacial score (nSPS) is 19.0. The molecule has 0 saturated carbocycles. The van der Waals surface area contributed by atoms with Crippen molar-refractivity contribution >= 4 is 5.84 Å². The van der Waals surface area contributed by atoms with Crippen LogP contribution in [0.5, 0.6) is 0 Å². The van der Waals surface area contributed by atoms with Crippen molar-refractivity contribution in [3.63, 3.8) is 0 Å². The Kier molecular flexibility index (Phi) is 1.79. The van der Waals surface area contributed by atoms with Crippen LogP contribution in [-0.4, -0.2) is 18.9 Å². The van der Waals surface area contributed by atoms with Gasteiger partial charge in [-0.2, -0.15) is 0 Å². The number of fused-ring (bicyclic) bond motifs is 1. The highest BCUT2D eigenvalue weighted by Crippen LogP contribution is 2.23. The van der Waals surface area contributed by atoms with Gasteiger partial charge in [0.2, 0.25) is 0 Å². The lowest BCUT2D eigenvalue weighted by atomic mass is 10.1. The average molecular weight is 186 g/mol. The summed E-state index contributed by atoms with van der Waals surface area (Å²) < 4.78 is 0. The van der Waals surface area contributed by atoms with Crippen LogP contribution >= 0.6 is 0 Å². The van der Waals surface area contributed by atoms with Crippen LogP contribution in [0.25, 0.3) is 0 Å². The van der Waals surface area contributed by atoms with E-state index in [1.54, 1.807) is 0 Å². The van der Waals surface area contributed by atoms with E-state index in [-0.39, 0.29) is 0 Å². The lowest BCUT2D eigenvalue weighted by Gasteiger charge is -2.05. The Morgan fingerprint density at radius 2 is 2.07 bits per heavy atom. The number of rotatable bonds is 1. The quantitative estimate of drug-likeness (QED) is 0.706. The van der Waals surface area contributed by atoms with E-state index in [1.807, 2.05) is 0 Å². The number of amidine groups is 1. The highest BCUT2D eigenvalue weighted by molar-refractivity contribution is 5.99. The van der Waals surface area contributed by atoms with Crippen molar-refractivity contribution < 1.29 is 0 Å². The molecule has 2 nitrogen and oxygen atoms in total. The van der Waals surface area contributed by atoms with Crippen LogP contribution in [0.2, 0.25) is 0 Å². The van der Waals surface area contributed by atoms with Gasteiger partial charge in [-0.05, 0) is 36.5 Å². The van der Waals surface area contributed by atoms with Gasteiger partial charge in [-0.15, -0.1) is 0 Å². The Labute approximate surface area is 84.1 Å². The van der Waals surface area contributed by atoms with Crippen LogP contribution in [-0.2, 0) is 12.8 Å². The first-order valence-corrected chi connectivity index (χ1v) is 5.34. The highest BCUT2D eigenvalue weighted by Gasteiger charge is 2.13. The summed E-state index contributed by atoms with van der Waals surface area (Å²) in [7, 11) is 0. The Morgan fingerprint density at radius 1 is 1.14 bits per heavy atom. The molecule has 0 unspecified atom stereocenters. The van der Waals surface area contributed by atoms with Crippen molar-refractivity contribution in [3.8, 4) is 0 Å². The van der Waals surface area contributed by atoms with Crippen LogP contribution in [0.4, 0.5) is 0 Å². The van der Waals surface area contributed by atoms with Crippen molar-refractivity contribution in [3.05, 3.63) is 34.9 Å². The van der Waals surface area contributed by atoms with E-state index < -0.39 is 0 Å². The molecule has 2 aliphatic rings. The van der Waals surface area contributed by atoms with E-state index >= 15 is 0 Å². The van der Waals surface area contributed by atoms with Crippen molar-refractivity contribution in [1.29, 1.82) is 0 Å². The molecule has 1 aromatic carbocycles. The molecule has 0 fully saturated rings. The minimum atomic E-state index is 0.923. The topological polar surface area (TPSA) is 24.4 Å². The molecule has 0 radical (unpaired) electrons. The summed E-state index contributed by atoms with van der Waals surface area (Å²) in [6.07, 6.45) is 3.82. The largest absolute Gasteiger partial charge is 0.368 e. The number of hydrogen-bond acceptors (Lipinski definition) is 2. The van der Waals surface area contributed by atoms with Gasteiger partial charge in [0, 0.05) is 12.1 Å². The van der Waals surface area contributed by atoms with Crippen molar-refractivity contribution in [2.24, 2.45) is 4.99 Å². The third-order valence-electron chi connectivity index (χ3n) is 3.05. The molecule has 72 valence electrons. The van der Waals surface area contributed by atoms with Gasteiger partial charge in [-0.1, -0.05) is 12.1 Å². The van der Waals surface area contributed by atoms with E-state index in [2.05, 4.69) is 28.5 Å². The second-order valence-corrected chi connectivity index (χ2v) is 3.99. The van der Waals surface area contributed by atoms with E-state index in [1.165, 1.54) is 36.0 Å². The third kappa shape index (κ3) is 1.22. The molecule has 0 aromatic heterocycles. The van der Waals surface area contributed by atoms with Gasteiger partial charge >= 0.3 is 0 Å². The van der Waals surface area contributed by atoms with E-state index in [0.29, 0.717) is 0 Å². The zero-order chi connectivity index (χ0) is 9.38. The molecular weight excluding hydrogens is 172 g/mol. The summed E-state index contributed by atoms with van der Waals surface area (Å²) in [6, 6.07) is 6.76. The van der Waals surface area contributed by atoms with Gasteiger partial charge in [0.1, 0.15) is 5.84 Å². The molecule has 3 rings (SSSR count). The number of aliphatic imine (C=N–C) groups is 1. The molecule has 0 atom stereocenters. The lowest BCUT2D eigenvalue weighted by molar-refractivity contribution is 0.911. The second-order valence-electron chi connectivity index (χ2n) is 3.99. The Hall–Kier alpha value is -1.31. The fourth-order valence-corrected chi connectivity index (χ4v) is 2.31. The van der Waals surface area contributed by atoms with Crippen molar-refractivity contribution in [1.82, 2.24) is 5.32 Å². The highest BCUT2D eigenvalue weighted by atomic mass is 15.1. The fraction of sp³-hybridized carbons (Fsp3) is 0.417. The molecule has 0 amide bonds. The summed E-state index contributed by atoms with van der Waals surface area (Å²) in [5, 5.41) is 3.31. The standard InChI is InChI=1S/C12H14N2/c1-2-9-4-5-11(8-10(9)3-1)12-13-6-7-14-12/h4-5,8H,1-3,6-7H2,(H,13,14). The zero-order valence-corrected chi connectivity index (χ0v) is 8.21.